The van der Waals surface area contributed by atoms with Gasteiger partial charge >= 0.3 is 6.09 Å². The number of carbonyl (C=O) groups is 1. The van der Waals surface area contributed by atoms with E-state index in [4.69, 9.17) is 9.47 Å². The molecule has 1 aromatic carbocycles. The summed E-state index contributed by atoms with van der Waals surface area (Å²) in [5.74, 6) is 1.28. The average molecular weight is 436 g/mol. The molecule has 1 aliphatic rings. The Kier molecular flexibility index (Phi) is 6.40. The van der Waals surface area contributed by atoms with Gasteiger partial charge in [0.2, 0.25) is 0 Å². The number of hydrogen-bond acceptors (Lipinski definition) is 4. The first kappa shape index (κ1) is 22.2. The van der Waals surface area contributed by atoms with E-state index in [1.807, 2.05) is 44.0 Å². The van der Waals surface area contributed by atoms with Gasteiger partial charge in [0.15, 0.2) is 0 Å². The summed E-state index contributed by atoms with van der Waals surface area (Å²) in [5.41, 5.74) is 3.03. The van der Waals surface area contributed by atoms with Gasteiger partial charge in [-0.15, -0.1) is 0 Å². The molecule has 1 fully saturated rings. The standard InChI is InChI=1S/C26H33N3O3/c1-26(2,3)32-25(30)29-14-5-6-20(18-29)16-21-11-13-27-24-23(21)12-15-28(24)17-19-7-9-22(31-4)10-8-19/h7-13,15,20H,5-6,14,16-18H2,1-4H3. The molecule has 6 heteroatoms. The van der Waals surface area contributed by atoms with Gasteiger partial charge in [-0.1, -0.05) is 12.1 Å². The lowest BCUT2D eigenvalue weighted by Gasteiger charge is -2.34. The molecule has 0 N–H and O–H groups in total. The van der Waals surface area contributed by atoms with Crippen molar-refractivity contribution >= 4 is 17.1 Å². The summed E-state index contributed by atoms with van der Waals surface area (Å²) in [4.78, 5) is 19.1. The summed E-state index contributed by atoms with van der Waals surface area (Å²) in [6, 6.07) is 12.4. The number of ether oxygens (including phenoxy) is 2. The molecule has 2 aromatic heterocycles. The number of pyridine rings is 1. The number of amides is 1. The molecular formula is C26H33N3O3. The number of benzene rings is 1. The number of nitrogens with zero attached hydrogens (tertiary/aromatic N) is 3. The van der Waals surface area contributed by atoms with Gasteiger partial charge in [-0.3, -0.25) is 0 Å². The van der Waals surface area contributed by atoms with Crippen molar-refractivity contribution in [3.8, 4) is 5.75 Å². The predicted molar refractivity (Wildman–Crippen MR) is 126 cm³/mol. The van der Waals surface area contributed by atoms with E-state index in [0.29, 0.717) is 5.92 Å². The molecule has 32 heavy (non-hydrogen) atoms. The number of carbonyl (C=O) groups excluding carboxylic acids is 1. The van der Waals surface area contributed by atoms with Gasteiger partial charge in [0.05, 0.1) is 7.11 Å². The lowest BCUT2D eigenvalue weighted by molar-refractivity contribution is 0.0166. The Morgan fingerprint density at radius 3 is 2.66 bits per heavy atom. The number of methoxy groups -OCH3 is 1. The van der Waals surface area contributed by atoms with Crippen LogP contribution in [-0.4, -0.2) is 46.3 Å². The molecule has 1 amide bonds. The van der Waals surface area contributed by atoms with Crippen LogP contribution in [0.4, 0.5) is 4.79 Å². The minimum atomic E-state index is -0.464. The summed E-state index contributed by atoms with van der Waals surface area (Å²) in [7, 11) is 1.68. The Balaban J connectivity index is 1.47. The SMILES string of the molecule is COc1ccc(Cn2ccc3c(CC4CCCN(C(=O)OC(C)(C)C)C4)ccnc32)cc1. The minimum Gasteiger partial charge on any atom is -0.497 e. The summed E-state index contributed by atoms with van der Waals surface area (Å²) in [6.07, 6.45) is 6.88. The molecule has 0 bridgehead atoms. The van der Waals surface area contributed by atoms with E-state index in [-0.39, 0.29) is 6.09 Å². The maximum absolute atomic E-state index is 12.5. The third kappa shape index (κ3) is 5.23. The van der Waals surface area contributed by atoms with Crippen molar-refractivity contribution in [1.82, 2.24) is 14.5 Å². The molecule has 0 radical (unpaired) electrons. The summed E-state index contributed by atoms with van der Waals surface area (Å²) in [6.45, 7) is 8.02. The number of hydrogen-bond donors (Lipinski definition) is 0. The van der Waals surface area contributed by atoms with Gasteiger partial charge < -0.3 is 18.9 Å². The second-order valence-electron chi connectivity index (χ2n) is 9.64. The van der Waals surface area contributed by atoms with E-state index >= 15 is 0 Å². The maximum Gasteiger partial charge on any atom is 0.410 e. The van der Waals surface area contributed by atoms with Crippen molar-refractivity contribution < 1.29 is 14.3 Å². The lowest BCUT2D eigenvalue weighted by atomic mass is 9.91. The van der Waals surface area contributed by atoms with Gasteiger partial charge in [0.1, 0.15) is 17.0 Å². The van der Waals surface area contributed by atoms with E-state index < -0.39 is 5.60 Å². The van der Waals surface area contributed by atoms with E-state index in [9.17, 15) is 4.79 Å². The van der Waals surface area contributed by atoms with Crippen LogP contribution in [0, 0.1) is 5.92 Å². The van der Waals surface area contributed by atoms with Crippen LogP contribution >= 0.6 is 0 Å². The smallest absolute Gasteiger partial charge is 0.410 e. The zero-order valence-corrected chi connectivity index (χ0v) is 19.5. The third-order valence-corrected chi connectivity index (χ3v) is 5.94. The molecule has 3 heterocycles. The van der Waals surface area contributed by atoms with Crippen LogP contribution in [0.15, 0.2) is 48.8 Å². The number of rotatable bonds is 5. The van der Waals surface area contributed by atoms with Crippen LogP contribution in [0.25, 0.3) is 11.0 Å². The molecule has 1 aliphatic heterocycles. The molecule has 0 saturated carbocycles. The molecule has 6 nitrogen and oxygen atoms in total. The van der Waals surface area contributed by atoms with Crippen molar-refractivity contribution in [2.45, 2.75) is 52.2 Å². The van der Waals surface area contributed by atoms with Gasteiger partial charge in [-0.25, -0.2) is 9.78 Å². The van der Waals surface area contributed by atoms with Crippen molar-refractivity contribution in [3.05, 3.63) is 59.9 Å². The second kappa shape index (κ2) is 9.23. The Labute approximate surface area is 190 Å². The zero-order valence-electron chi connectivity index (χ0n) is 19.5. The van der Waals surface area contributed by atoms with Crippen molar-refractivity contribution in [2.75, 3.05) is 20.2 Å². The highest BCUT2D eigenvalue weighted by Crippen LogP contribution is 2.27. The van der Waals surface area contributed by atoms with Gasteiger partial charge in [0, 0.05) is 37.4 Å². The minimum absolute atomic E-state index is 0.201. The summed E-state index contributed by atoms with van der Waals surface area (Å²) in [5, 5.41) is 1.19. The highest BCUT2D eigenvalue weighted by Gasteiger charge is 2.28. The number of likely N-dealkylation sites (tertiary alicyclic amines) is 1. The summed E-state index contributed by atoms with van der Waals surface area (Å²) < 4.78 is 13.0. The average Bonchev–Trinajstić information content (AvgIpc) is 3.17. The van der Waals surface area contributed by atoms with E-state index in [1.165, 1.54) is 16.5 Å². The molecule has 4 rings (SSSR count). The molecule has 0 spiro atoms. The van der Waals surface area contributed by atoms with Crippen LogP contribution < -0.4 is 4.74 Å². The van der Waals surface area contributed by atoms with Crippen LogP contribution in [0.3, 0.4) is 0 Å². The third-order valence-electron chi connectivity index (χ3n) is 5.94. The monoisotopic (exact) mass is 435 g/mol. The van der Waals surface area contributed by atoms with Crippen LogP contribution in [0.2, 0.25) is 0 Å². The van der Waals surface area contributed by atoms with Crippen molar-refractivity contribution in [2.24, 2.45) is 5.92 Å². The van der Waals surface area contributed by atoms with E-state index in [0.717, 1.165) is 50.3 Å². The lowest BCUT2D eigenvalue weighted by Crippen LogP contribution is -2.43. The van der Waals surface area contributed by atoms with Crippen LogP contribution in [-0.2, 0) is 17.7 Å². The predicted octanol–water partition coefficient (Wildman–Crippen LogP) is 5.28. The Morgan fingerprint density at radius 2 is 1.94 bits per heavy atom. The quantitative estimate of drug-likeness (QED) is 0.547. The molecule has 1 atom stereocenters. The van der Waals surface area contributed by atoms with Gasteiger partial charge in [0.25, 0.3) is 0 Å². The van der Waals surface area contributed by atoms with E-state index in [2.05, 4.69) is 40.0 Å². The first-order valence-electron chi connectivity index (χ1n) is 11.4. The normalized spacial score (nSPS) is 16.9. The topological polar surface area (TPSA) is 56.6 Å². The fourth-order valence-electron chi connectivity index (χ4n) is 4.41. The van der Waals surface area contributed by atoms with Crippen molar-refractivity contribution in [1.29, 1.82) is 0 Å². The van der Waals surface area contributed by atoms with Crippen molar-refractivity contribution in [3.63, 3.8) is 0 Å². The number of aromatic nitrogens is 2. The van der Waals surface area contributed by atoms with E-state index in [1.54, 1.807) is 7.11 Å². The van der Waals surface area contributed by atoms with Gasteiger partial charge in [-0.2, -0.15) is 0 Å². The molecule has 3 aromatic rings. The fraction of sp³-hybridized carbons (Fsp3) is 0.462. The summed E-state index contributed by atoms with van der Waals surface area (Å²) >= 11 is 0. The fourth-order valence-corrected chi connectivity index (χ4v) is 4.41. The van der Waals surface area contributed by atoms with Gasteiger partial charge in [-0.05, 0) is 81.3 Å². The zero-order chi connectivity index (χ0) is 22.7. The second-order valence-corrected chi connectivity index (χ2v) is 9.64. The molecular weight excluding hydrogens is 402 g/mol. The highest BCUT2D eigenvalue weighted by molar-refractivity contribution is 5.80. The largest absolute Gasteiger partial charge is 0.497 e. The Hall–Kier alpha value is -3.02. The molecule has 0 aliphatic carbocycles. The van der Waals surface area contributed by atoms with Crippen LogP contribution in [0.5, 0.6) is 5.75 Å². The van der Waals surface area contributed by atoms with Crippen LogP contribution in [0.1, 0.15) is 44.7 Å². The molecule has 170 valence electrons. The molecule has 1 saturated heterocycles. The first-order chi connectivity index (χ1) is 15.3. The first-order valence-corrected chi connectivity index (χ1v) is 11.4. The number of fused-ring (bicyclic) bond motifs is 1. The maximum atomic E-state index is 12.5. The molecule has 1 unspecified atom stereocenters. The highest BCUT2D eigenvalue weighted by atomic mass is 16.6. The Bertz CT molecular complexity index is 1070. The number of piperidine rings is 1. The Morgan fingerprint density at radius 1 is 1.16 bits per heavy atom.